The molecule has 4 aromatic heterocycles. The maximum absolute atomic E-state index is 13.4. The molecular formula is C41H35N9O6. The number of hydrogen-bond donors (Lipinski definition) is 2. The Labute approximate surface area is 319 Å². The lowest BCUT2D eigenvalue weighted by molar-refractivity contribution is -0.137. The second-order valence-electron chi connectivity index (χ2n) is 14.3. The van der Waals surface area contributed by atoms with Gasteiger partial charge in [0.15, 0.2) is 5.76 Å². The van der Waals surface area contributed by atoms with Gasteiger partial charge < -0.3 is 20.1 Å². The molecule has 0 bridgehead atoms. The van der Waals surface area contributed by atoms with Crippen molar-refractivity contribution in [3.05, 3.63) is 112 Å². The standard InChI is InChI=1S/C41H35N9O6/c1-3-30-27-16-37(52)48(2)20-34(27)50(46-30)32-9-4-6-21-14-31(43-18-28(21)32)23-12-22(38(39(42)53)44-17-23)13-24-15-35(56-47-24)25-7-5-8-26-29(25)19-49(41(26)55)33-10-11-36(51)45-40(33)54/h4-9,12,14-15,17-18,33H,3,10-11,13,16,19-20H2,1-2H3,(H2,42,53)(H,45,51,54). The van der Waals surface area contributed by atoms with Gasteiger partial charge in [0.2, 0.25) is 17.7 Å². The minimum Gasteiger partial charge on any atom is -0.364 e. The molecular weight excluding hydrogens is 715 g/mol. The number of aromatic nitrogens is 5. The van der Waals surface area contributed by atoms with E-state index in [0.717, 1.165) is 33.4 Å². The van der Waals surface area contributed by atoms with Crippen molar-refractivity contribution in [3.63, 3.8) is 0 Å². The first kappa shape index (κ1) is 34.7. The number of benzene rings is 2. The van der Waals surface area contributed by atoms with E-state index < -0.39 is 17.9 Å². The zero-order valence-corrected chi connectivity index (χ0v) is 30.5. The molecule has 0 spiro atoms. The fourth-order valence-corrected chi connectivity index (χ4v) is 8.02. The van der Waals surface area contributed by atoms with E-state index in [0.29, 0.717) is 64.4 Å². The number of piperidine rings is 1. The van der Waals surface area contributed by atoms with E-state index in [9.17, 15) is 24.0 Å². The number of nitrogens with one attached hydrogen (secondary N) is 1. The normalized spacial score (nSPS) is 16.7. The first-order chi connectivity index (χ1) is 27.1. The predicted molar refractivity (Wildman–Crippen MR) is 201 cm³/mol. The van der Waals surface area contributed by atoms with E-state index >= 15 is 0 Å². The molecule has 5 amide bonds. The van der Waals surface area contributed by atoms with Gasteiger partial charge in [-0.15, -0.1) is 0 Å². The molecule has 1 fully saturated rings. The number of fused-ring (bicyclic) bond motifs is 3. The Kier molecular flexibility index (Phi) is 8.29. The summed E-state index contributed by atoms with van der Waals surface area (Å²) in [6.07, 6.45) is 4.99. The summed E-state index contributed by atoms with van der Waals surface area (Å²) in [6.45, 7) is 2.68. The van der Waals surface area contributed by atoms with Crippen LogP contribution in [0.5, 0.6) is 0 Å². The Hall–Kier alpha value is -7.03. The first-order valence-electron chi connectivity index (χ1n) is 18.3. The molecule has 280 valence electrons. The Morgan fingerprint density at radius 2 is 1.80 bits per heavy atom. The van der Waals surface area contributed by atoms with Crippen LogP contribution in [0.1, 0.15) is 74.4 Å². The zero-order chi connectivity index (χ0) is 38.8. The topological polar surface area (TPSA) is 200 Å². The van der Waals surface area contributed by atoms with Gasteiger partial charge in [-0.3, -0.25) is 39.3 Å². The van der Waals surface area contributed by atoms with Gasteiger partial charge in [0.1, 0.15) is 11.7 Å². The van der Waals surface area contributed by atoms with Crippen molar-refractivity contribution < 1.29 is 28.5 Å². The number of likely N-dealkylation sites (N-methyl/N-ethyl adjacent to an activating group) is 1. The number of rotatable bonds is 8. The predicted octanol–water partition coefficient (Wildman–Crippen LogP) is 3.67. The number of nitrogens with two attached hydrogens (primary N) is 1. The van der Waals surface area contributed by atoms with E-state index in [-0.39, 0.29) is 49.2 Å². The SMILES string of the molecule is CCc1nn(-c2cccc3cc(-c4cnc(C(N)=O)c(Cc5cc(-c6cccc7c6CN(C6CCC(=O)NC6=O)C7=O)on5)c4)ncc23)c2c1CC(=O)N(C)C2. The monoisotopic (exact) mass is 749 g/mol. The Morgan fingerprint density at radius 1 is 0.982 bits per heavy atom. The van der Waals surface area contributed by atoms with Crippen molar-refractivity contribution in [1.82, 2.24) is 40.0 Å². The van der Waals surface area contributed by atoms with Gasteiger partial charge in [-0.25, -0.2) is 4.68 Å². The van der Waals surface area contributed by atoms with E-state index in [2.05, 4.69) is 15.5 Å². The molecule has 2 aromatic carbocycles. The summed E-state index contributed by atoms with van der Waals surface area (Å²) >= 11 is 0. The van der Waals surface area contributed by atoms with E-state index in [1.165, 1.54) is 4.90 Å². The molecule has 9 rings (SSSR count). The van der Waals surface area contributed by atoms with Gasteiger partial charge in [0.25, 0.3) is 11.8 Å². The molecule has 3 aliphatic heterocycles. The molecule has 1 saturated heterocycles. The number of hydrogen-bond acceptors (Lipinski definition) is 10. The van der Waals surface area contributed by atoms with Crippen molar-refractivity contribution in [1.29, 1.82) is 0 Å². The van der Waals surface area contributed by atoms with Crippen LogP contribution in [0.15, 0.2) is 71.5 Å². The summed E-state index contributed by atoms with van der Waals surface area (Å²) in [4.78, 5) is 75.2. The lowest BCUT2D eigenvalue weighted by Gasteiger charge is -2.29. The van der Waals surface area contributed by atoms with Crippen LogP contribution in [-0.2, 0) is 46.7 Å². The van der Waals surface area contributed by atoms with Crippen LogP contribution >= 0.6 is 0 Å². The van der Waals surface area contributed by atoms with Gasteiger partial charge in [0, 0.05) is 72.5 Å². The fraction of sp³-hybridized carbons (Fsp3) is 0.244. The summed E-state index contributed by atoms with van der Waals surface area (Å²) in [6, 6.07) is 16.0. The quantitative estimate of drug-likeness (QED) is 0.217. The second-order valence-corrected chi connectivity index (χ2v) is 14.3. The van der Waals surface area contributed by atoms with Crippen molar-refractivity contribution in [2.75, 3.05) is 7.05 Å². The third-order valence-corrected chi connectivity index (χ3v) is 10.9. The summed E-state index contributed by atoms with van der Waals surface area (Å²) in [5, 5.41) is 13.3. The number of amides is 5. The highest BCUT2D eigenvalue weighted by molar-refractivity contribution is 6.06. The van der Waals surface area contributed by atoms with E-state index in [1.807, 2.05) is 48.0 Å². The largest absolute Gasteiger partial charge is 0.364 e. The van der Waals surface area contributed by atoms with E-state index in [1.54, 1.807) is 42.5 Å². The van der Waals surface area contributed by atoms with Crippen LogP contribution in [0.2, 0.25) is 0 Å². The number of carbonyl (C=O) groups excluding carboxylic acids is 5. The summed E-state index contributed by atoms with van der Waals surface area (Å²) < 4.78 is 7.72. The van der Waals surface area contributed by atoms with Gasteiger partial charge in [-0.1, -0.05) is 36.3 Å². The zero-order valence-electron chi connectivity index (χ0n) is 30.5. The molecule has 15 heteroatoms. The highest BCUT2D eigenvalue weighted by Gasteiger charge is 2.40. The fourth-order valence-electron chi connectivity index (χ4n) is 8.02. The highest BCUT2D eigenvalue weighted by atomic mass is 16.5. The van der Waals surface area contributed by atoms with Crippen LogP contribution in [0.3, 0.4) is 0 Å². The van der Waals surface area contributed by atoms with Crippen molar-refractivity contribution in [2.24, 2.45) is 5.73 Å². The molecule has 3 aliphatic rings. The molecule has 0 saturated carbocycles. The second kappa shape index (κ2) is 13.4. The Balaban J connectivity index is 1.01. The van der Waals surface area contributed by atoms with Crippen LogP contribution in [0.4, 0.5) is 0 Å². The third-order valence-electron chi connectivity index (χ3n) is 10.9. The minimum absolute atomic E-state index is 0.0763. The minimum atomic E-state index is -0.747. The Bertz CT molecular complexity index is 2680. The number of nitrogens with zero attached hydrogens (tertiary/aromatic N) is 7. The molecule has 1 unspecified atom stereocenters. The Morgan fingerprint density at radius 3 is 2.61 bits per heavy atom. The van der Waals surface area contributed by atoms with Gasteiger partial charge in [-0.2, -0.15) is 5.10 Å². The molecule has 7 heterocycles. The molecule has 3 N–H and O–H groups in total. The molecule has 0 radical (unpaired) electrons. The highest BCUT2D eigenvalue weighted by Crippen LogP contribution is 2.36. The number of imide groups is 1. The number of aryl methyl sites for hydroxylation is 1. The van der Waals surface area contributed by atoms with Crippen molar-refractivity contribution in [2.45, 2.75) is 58.2 Å². The van der Waals surface area contributed by atoms with Crippen molar-refractivity contribution in [3.8, 4) is 28.3 Å². The lowest BCUT2D eigenvalue weighted by atomic mass is 9.99. The average molecular weight is 750 g/mol. The number of primary amides is 1. The number of carbonyl (C=O) groups is 5. The maximum atomic E-state index is 13.4. The summed E-state index contributed by atoms with van der Waals surface area (Å²) in [5.74, 6) is -1.33. The molecule has 0 aliphatic carbocycles. The van der Waals surface area contributed by atoms with Crippen LogP contribution in [0, 0.1) is 0 Å². The van der Waals surface area contributed by atoms with Crippen LogP contribution < -0.4 is 11.1 Å². The summed E-state index contributed by atoms with van der Waals surface area (Å²) in [7, 11) is 1.80. The lowest BCUT2D eigenvalue weighted by Crippen LogP contribution is -2.52. The molecule has 15 nitrogen and oxygen atoms in total. The molecule has 56 heavy (non-hydrogen) atoms. The van der Waals surface area contributed by atoms with Gasteiger partial charge >= 0.3 is 0 Å². The van der Waals surface area contributed by atoms with E-state index in [4.69, 9.17) is 20.3 Å². The van der Waals surface area contributed by atoms with Gasteiger partial charge in [-0.05, 0) is 53.6 Å². The average Bonchev–Trinajstić information content (AvgIpc) is 3.90. The summed E-state index contributed by atoms with van der Waals surface area (Å²) in [5.41, 5.74) is 13.7. The smallest absolute Gasteiger partial charge is 0.267 e. The first-order valence-corrected chi connectivity index (χ1v) is 18.3. The molecule has 6 aromatic rings. The van der Waals surface area contributed by atoms with Crippen LogP contribution in [-0.4, -0.2) is 77.3 Å². The molecule has 1 atom stereocenters. The number of pyridine rings is 2. The third kappa shape index (κ3) is 5.79. The van der Waals surface area contributed by atoms with Crippen molar-refractivity contribution >= 4 is 40.3 Å². The van der Waals surface area contributed by atoms with Gasteiger partial charge in [0.05, 0.1) is 41.4 Å². The van der Waals surface area contributed by atoms with Crippen LogP contribution in [0.25, 0.3) is 39.0 Å². The maximum Gasteiger partial charge on any atom is 0.267 e.